The van der Waals surface area contributed by atoms with Crippen molar-refractivity contribution in [1.82, 2.24) is 9.97 Å². The molecular weight excluding hydrogens is 629 g/mol. The zero-order valence-electron chi connectivity index (χ0n) is 20.9. The molecule has 1 aliphatic rings. The van der Waals surface area contributed by atoms with Gasteiger partial charge in [0.2, 0.25) is 0 Å². The number of benzene rings is 2. The molecule has 208 valence electrons. The van der Waals surface area contributed by atoms with Crippen LogP contribution in [0.3, 0.4) is 0 Å². The zero-order valence-corrected chi connectivity index (χ0v) is 23.3. The summed E-state index contributed by atoms with van der Waals surface area (Å²) in [5, 5.41) is 3.85. The number of hydrogen-bond donors (Lipinski definition) is 0. The number of aromatic nitrogens is 2. The molecular formula is C28H17BrClF3N4O4. The lowest BCUT2D eigenvalue weighted by Gasteiger charge is -2.14. The van der Waals surface area contributed by atoms with Gasteiger partial charge in [-0.25, -0.2) is 9.88 Å². The molecule has 0 aliphatic carbocycles. The van der Waals surface area contributed by atoms with E-state index in [0.29, 0.717) is 27.7 Å². The van der Waals surface area contributed by atoms with Crippen LogP contribution in [0.15, 0.2) is 82.6 Å². The average Bonchev–Trinajstić information content (AvgIpc) is 3.20. The Hall–Kier alpha value is -4.29. The molecule has 0 atom stereocenters. The number of amides is 2. The van der Waals surface area contributed by atoms with Crippen LogP contribution in [0.2, 0.25) is 5.02 Å². The van der Waals surface area contributed by atoms with Gasteiger partial charge in [0.25, 0.3) is 11.8 Å². The normalized spacial score (nSPS) is 13.4. The number of carbonyl (C=O) groups excluding carboxylic acids is 2. The number of hydrogen-bond acceptors (Lipinski definition) is 7. The van der Waals surface area contributed by atoms with Crippen LogP contribution < -0.4 is 9.64 Å². The van der Waals surface area contributed by atoms with Gasteiger partial charge >= 0.3 is 6.18 Å². The first-order valence-corrected chi connectivity index (χ1v) is 13.0. The minimum atomic E-state index is -4.64. The van der Waals surface area contributed by atoms with Gasteiger partial charge in [-0.05, 0) is 64.5 Å². The van der Waals surface area contributed by atoms with Crippen molar-refractivity contribution in [2.45, 2.75) is 12.8 Å². The van der Waals surface area contributed by atoms with E-state index in [-0.39, 0.29) is 40.0 Å². The standard InChI is InChI=1S/C28H17BrClF3N4O4/c1-40-22-10-9-15(11-20(22)29)24(25-21(30)12-16(13-34-25)28(31,32)33)36-41-14-17-5-4-8-23(35-17)37-26(38)18-6-2-3-7-19(18)27(37)39/h2-13H,14H2,1H3/b36-24+. The topological polar surface area (TPSA) is 94.0 Å². The van der Waals surface area contributed by atoms with E-state index in [1.165, 1.54) is 13.2 Å². The molecule has 5 rings (SSSR count). The maximum absolute atomic E-state index is 13.2. The molecule has 0 radical (unpaired) electrons. The van der Waals surface area contributed by atoms with Crippen LogP contribution in [0.4, 0.5) is 19.0 Å². The molecule has 0 saturated carbocycles. The second-order valence-corrected chi connectivity index (χ2v) is 9.85. The number of alkyl halides is 3. The van der Waals surface area contributed by atoms with E-state index in [4.69, 9.17) is 21.2 Å². The van der Waals surface area contributed by atoms with E-state index < -0.39 is 23.6 Å². The number of imide groups is 1. The maximum atomic E-state index is 13.2. The molecule has 0 N–H and O–H groups in total. The molecule has 0 spiro atoms. The van der Waals surface area contributed by atoms with E-state index in [2.05, 4.69) is 31.1 Å². The highest BCUT2D eigenvalue weighted by atomic mass is 79.9. The Morgan fingerprint density at radius 2 is 1.73 bits per heavy atom. The van der Waals surface area contributed by atoms with Crippen LogP contribution in [-0.2, 0) is 17.6 Å². The van der Waals surface area contributed by atoms with Crippen molar-refractivity contribution in [1.29, 1.82) is 0 Å². The third-order valence-corrected chi connectivity index (χ3v) is 6.91. The third kappa shape index (κ3) is 5.66. The first kappa shape index (κ1) is 28.2. The van der Waals surface area contributed by atoms with Crippen LogP contribution in [0.25, 0.3) is 0 Å². The molecule has 1 aliphatic heterocycles. The van der Waals surface area contributed by atoms with Crippen LogP contribution in [0.1, 0.15) is 43.2 Å². The highest BCUT2D eigenvalue weighted by Crippen LogP contribution is 2.33. The fourth-order valence-electron chi connectivity index (χ4n) is 4.05. The van der Waals surface area contributed by atoms with Gasteiger partial charge in [0, 0.05) is 11.8 Å². The van der Waals surface area contributed by atoms with Gasteiger partial charge in [0.05, 0.1) is 39.0 Å². The summed E-state index contributed by atoms with van der Waals surface area (Å²) < 4.78 is 45.4. The summed E-state index contributed by atoms with van der Waals surface area (Å²) in [6.45, 7) is -0.212. The van der Waals surface area contributed by atoms with Gasteiger partial charge in [0.15, 0.2) is 6.61 Å². The lowest BCUT2D eigenvalue weighted by molar-refractivity contribution is -0.137. The summed E-state index contributed by atoms with van der Waals surface area (Å²) >= 11 is 9.59. The molecule has 3 heterocycles. The highest BCUT2D eigenvalue weighted by Gasteiger charge is 2.37. The van der Waals surface area contributed by atoms with E-state index >= 15 is 0 Å². The molecule has 0 bridgehead atoms. The van der Waals surface area contributed by atoms with Gasteiger partial charge < -0.3 is 9.57 Å². The molecule has 4 aromatic rings. The highest BCUT2D eigenvalue weighted by molar-refractivity contribution is 9.10. The van der Waals surface area contributed by atoms with Crippen LogP contribution in [0, 0.1) is 0 Å². The Kier molecular flexibility index (Phi) is 7.78. The number of oxime groups is 1. The van der Waals surface area contributed by atoms with Crippen molar-refractivity contribution in [2.24, 2.45) is 5.16 Å². The number of nitrogens with zero attached hydrogens (tertiary/aromatic N) is 4. The Bertz CT molecular complexity index is 1680. The van der Waals surface area contributed by atoms with Crippen molar-refractivity contribution in [3.63, 3.8) is 0 Å². The molecule has 2 amide bonds. The monoisotopic (exact) mass is 644 g/mol. The van der Waals surface area contributed by atoms with Crippen molar-refractivity contribution < 1.29 is 32.3 Å². The minimum Gasteiger partial charge on any atom is -0.496 e. The lowest BCUT2D eigenvalue weighted by Crippen LogP contribution is -2.30. The number of ether oxygens (including phenoxy) is 1. The first-order chi connectivity index (χ1) is 19.6. The lowest BCUT2D eigenvalue weighted by atomic mass is 10.1. The SMILES string of the molecule is COc1ccc(/C(=N\OCc2cccc(N3C(=O)c4ccccc4C3=O)n2)c2ncc(C(F)(F)F)cc2Cl)cc1Br. The average molecular weight is 646 g/mol. The molecule has 0 saturated heterocycles. The van der Waals surface area contributed by atoms with E-state index in [9.17, 15) is 22.8 Å². The number of methoxy groups -OCH3 is 1. The number of anilines is 1. The molecule has 13 heteroatoms. The smallest absolute Gasteiger partial charge is 0.417 e. The molecule has 2 aromatic heterocycles. The summed E-state index contributed by atoms with van der Waals surface area (Å²) in [5.74, 6) is -0.378. The Morgan fingerprint density at radius 1 is 1.02 bits per heavy atom. The fraction of sp³-hybridized carbons (Fsp3) is 0.107. The Labute approximate surface area is 244 Å². The van der Waals surface area contributed by atoms with Gasteiger partial charge in [-0.3, -0.25) is 14.6 Å². The van der Waals surface area contributed by atoms with E-state index in [1.54, 1.807) is 54.6 Å². The quantitative estimate of drug-likeness (QED) is 0.126. The molecule has 2 aromatic carbocycles. The maximum Gasteiger partial charge on any atom is 0.417 e. The summed E-state index contributed by atoms with van der Waals surface area (Å²) in [6.07, 6.45) is -3.98. The Morgan fingerprint density at radius 3 is 2.34 bits per heavy atom. The van der Waals surface area contributed by atoms with Crippen LogP contribution >= 0.6 is 27.5 Å². The number of halogens is 5. The number of carbonyl (C=O) groups is 2. The summed E-state index contributed by atoms with van der Waals surface area (Å²) in [5.41, 5.74) is 0.275. The largest absolute Gasteiger partial charge is 0.496 e. The molecule has 41 heavy (non-hydrogen) atoms. The van der Waals surface area contributed by atoms with Crippen LogP contribution in [0.5, 0.6) is 5.75 Å². The fourth-order valence-corrected chi connectivity index (χ4v) is 4.84. The van der Waals surface area contributed by atoms with E-state index in [0.717, 1.165) is 11.0 Å². The summed E-state index contributed by atoms with van der Waals surface area (Å²) in [4.78, 5) is 40.5. The van der Waals surface area contributed by atoms with Crippen molar-refractivity contribution >= 4 is 50.9 Å². The molecule has 8 nitrogen and oxygen atoms in total. The van der Waals surface area contributed by atoms with Gasteiger partial charge in [-0.2, -0.15) is 13.2 Å². The predicted octanol–water partition coefficient (Wildman–Crippen LogP) is 6.69. The Balaban J connectivity index is 1.44. The molecule has 0 fully saturated rings. The van der Waals surface area contributed by atoms with Crippen molar-refractivity contribution in [2.75, 3.05) is 12.0 Å². The third-order valence-electron chi connectivity index (χ3n) is 6.00. The second kappa shape index (κ2) is 11.3. The predicted molar refractivity (Wildman–Crippen MR) is 147 cm³/mol. The van der Waals surface area contributed by atoms with Crippen molar-refractivity contribution in [3.05, 3.63) is 116 Å². The van der Waals surface area contributed by atoms with Gasteiger partial charge in [-0.1, -0.05) is 35.0 Å². The minimum absolute atomic E-state index is 0.0450. The second-order valence-electron chi connectivity index (χ2n) is 8.59. The number of fused-ring (bicyclic) bond motifs is 1. The zero-order chi connectivity index (χ0) is 29.3. The van der Waals surface area contributed by atoms with Crippen LogP contribution in [-0.4, -0.2) is 34.6 Å². The number of pyridine rings is 2. The molecule has 0 unspecified atom stereocenters. The number of rotatable bonds is 7. The summed E-state index contributed by atoms with van der Waals surface area (Å²) in [7, 11) is 1.48. The van der Waals surface area contributed by atoms with E-state index in [1.807, 2.05) is 0 Å². The first-order valence-electron chi connectivity index (χ1n) is 11.8. The summed E-state index contributed by atoms with van der Waals surface area (Å²) in [6, 6.07) is 16.8. The van der Waals surface area contributed by atoms with Gasteiger partial charge in [-0.15, -0.1) is 0 Å². The van der Waals surface area contributed by atoms with Gasteiger partial charge in [0.1, 0.15) is 23.0 Å². The van der Waals surface area contributed by atoms with Crippen molar-refractivity contribution in [3.8, 4) is 5.75 Å².